The van der Waals surface area contributed by atoms with Gasteiger partial charge in [-0.05, 0) is 55.3 Å². The predicted octanol–water partition coefficient (Wildman–Crippen LogP) is 3.33. The highest BCUT2D eigenvalue weighted by Crippen LogP contribution is 2.27. The molecule has 6 rings (SSSR count). The number of ether oxygens (including phenoxy) is 3. The highest BCUT2D eigenvalue weighted by molar-refractivity contribution is 5.96. The van der Waals surface area contributed by atoms with Crippen LogP contribution in [0.4, 0.5) is 0 Å². The first-order valence-corrected chi connectivity index (χ1v) is 15.5. The molecule has 232 valence electrons. The molecule has 0 aliphatic carbocycles. The Morgan fingerprint density at radius 3 is 2.64 bits per heavy atom. The minimum absolute atomic E-state index is 0.0899. The molecule has 1 aromatic heterocycles. The molecule has 4 heterocycles. The second kappa shape index (κ2) is 14.3. The van der Waals surface area contributed by atoms with Gasteiger partial charge in [-0.1, -0.05) is 42.5 Å². The van der Waals surface area contributed by atoms with Crippen molar-refractivity contribution in [2.24, 2.45) is 0 Å². The number of hydrogen-bond acceptors (Lipinski definition) is 8. The SMILES string of the molecule is COCCN1CC(=O)N[C@H]2CN(C3CCN(Cc4ccccc4)CC3)C[C@@H]2OCc2cccc(c2)Oc2cncc(c2)C1=O. The monoisotopic (exact) mass is 599 g/mol. The van der Waals surface area contributed by atoms with Gasteiger partial charge in [0.05, 0.1) is 43.7 Å². The molecule has 3 aromatic rings. The maximum absolute atomic E-state index is 13.5. The Hall–Kier alpha value is -3.83. The first-order valence-electron chi connectivity index (χ1n) is 15.5. The van der Waals surface area contributed by atoms with Crippen LogP contribution in [0.25, 0.3) is 0 Å². The van der Waals surface area contributed by atoms with Gasteiger partial charge in [-0.3, -0.25) is 24.4 Å². The summed E-state index contributed by atoms with van der Waals surface area (Å²) >= 11 is 0. The van der Waals surface area contributed by atoms with E-state index in [4.69, 9.17) is 14.2 Å². The summed E-state index contributed by atoms with van der Waals surface area (Å²) in [5.74, 6) is 0.556. The Morgan fingerprint density at radius 2 is 1.82 bits per heavy atom. The summed E-state index contributed by atoms with van der Waals surface area (Å²) in [7, 11) is 1.58. The number of fused-ring (bicyclic) bond motifs is 5. The molecule has 10 heteroatoms. The van der Waals surface area contributed by atoms with E-state index in [-0.39, 0.29) is 37.0 Å². The molecule has 0 saturated carbocycles. The standard InChI is InChI=1S/C34H41N5O5/c1-42-15-14-38-23-33(40)36-31-21-39(28-10-12-37(13-11-28)20-25-6-3-2-4-7-25)22-32(31)43-24-26-8-5-9-29(16-26)44-30-17-27(34(38)41)18-35-19-30/h2-9,16-19,28,31-32H,10-15,20-24H2,1H3,(H,36,40)/t31-,32-/m0/s1. The number of aromatic nitrogens is 1. The van der Waals surface area contributed by atoms with Crippen molar-refractivity contribution in [1.29, 1.82) is 0 Å². The van der Waals surface area contributed by atoms with Gasteiger partial charge in [0.1, 0.15) is 11.5 Å². The Labute approximate surface area is 258 Å². The molecule has 0 unspecified atom stereocenters. The number of pyridine rings is 1. The van der Waals surface area contributed by atoms with E-state index in [1.165, 1.54) is 16.7 Å². The number of benzene rings is 2. The molecule has 44 heavy (non-hydrogen) atoms. The number of methoxy groups -OCH3 is 1. The summed E-state index contributed by atoms with van der Waals surface area (Å²) < 4.78 is 17.8. The summed E-state index contributed by atoms with van der Waals surface area (Å²) in [6.45, 7) is 5.39. The number of amides is 2. The Balaban J connectivity index is 1.18. The normalized spacial score (nSPS) is 22.3. The van der Waals surface area contributed by atoms with Crippen LogP contribution in [0.15, 0.2) is 73.1 Å². The fraction of sp³-hybridized carbons (Fsp3) is 0.441. The van der Waals surface area contributed by atoms with Crippen molar-refractivity contribution in [1.82, 2.24) is 25.0 Å². The Bertz CT molecular complexity index is 1410. The van der Waals surface area contributed by atoms with Crippen molar-refractivity contribution >= 4 is 11.8 Å². The molecule has 2 saturated heterocycles. The zero-order valence-corrected chi connectivity index (χ0v) is 25.3. The fourth-order valence-corrected chi connectivity index (χ4v) is 6.38. The number of carbonyl (C=O) groups excluding carboxylic acids is 2. The average molecular weight is 600 g/mol. The molecule has 2 amide bonds. The maximum atomic E-state index is 13.5. The Morgan fingerprint density at radius 1 is 0.977 bits per heavy atom. The van der Waals surface area contributed by atoms with E-state index in [0.29, 0.717) is 42.9 Å². The Kier molecular flexibility index (Phi) is 9.82. The van der Waals surface area contributed by atoms with Crippen LogP contribution in [-0.2, 0) is 27.4 Å². The van der Waals surface area contributed by atoms with Gasteiger partial charge < -0.3 is 24.4 Å². The highest BCUT2D eigenvalue weighted by atomic mass is 16.5. The maximum Gasteiger partial charge on any atom is 0.256 e. The third kappa shape index (κ3) is 7.62. The smallest absolute Gasteiger partial charge is 0.256 e. The third-order valence-corrected chi connectivity index (χ3v) is 8.71. The van der Waals surface area contributed by atoms with Gasteiger partial charge in [0.25, 0.3) is 5.91 Å². The molecule has 0 spiro atoms. The van der Waals surface area contributed by atoms with Crippen molar-refractivity contribution in [3.8, 4) is 11.5 Å². The molecule has 3 aliphatic rings. The van der Waals surface area contributed by atoms with Gasteiger partial charge in [-0.25, -0.2) is 0 Å². The molecule has 2 fully saturated rings. The molecule has 10 nitrogen and oxygen atoms in total. The quantitative estimate of drug-likeness (QED) is 0.461. The van der Waals surface area contributed by atoms with Crippen LogP contribution in [0.3, 0.4) is 0 Å². The van der Waals surface area contributed by atoms with Crippen LogP contribution >= 0.6 is 0 Å². The lowest BCUT2D eigenvalue weighted by atomic mass is 10.0. The van der Waals surface area contributed by atoms with Crippen molar-refractivity contribution < 1.29 is 23.8 Å². The van der Waals surface area contributed by atoms with Crippen molar-refractivity contribution in [2.45, 2.75) is 44.2 Å². The van der Waals surface area contributed by atoms with Gasteiger partial charge >= 0.3 is 0 Å². The number of nitrogens with zero attached hydrogens (tertiary/aromatic N) is 4. The van der Waals surface area contributed by atoms with Crippen LogP contribution < -0.4 is 10.1 Å². The lowest BCUT2D eigenvalue weighted by Gasteiger charge is -2.36. The van der Waals surface area contributed by atoms with Gasteiger partial charge in [-0.15, -0.1) is 0 Å². The van der Waals surface area contributed by atoms with Gasteiger partial charge in [0.2, 0.25) is 5.91 Å². The zero-order valence-electron chi connectivity index (χ0n) is 25.3. The summed E-state index contributed by atoms with van der Waals surface area (Å²) in [5, 5.41) is 3.22. The van der Waals surface area contributed by atoms with Crippen LogP contribution in [0.5, 0.6) is 11.5 Å². The van der Waals surface area contributed by atoms with Crippen molar-refractivity contribution in [3.05, 3.63) is 89.7 Å². The molecule has 2 aromatic carbocycles. The number of nitrogens with one attached hydrogen (secondary N) is 1. The summed E-state index contributed by atoms with van der Waals surface area (Å²) in [4.78, 5) is 37.7. The molecule has 3 aliphatic heterocycles. The summed E-state index contributed by atoms with van der Waals surface area (Å²) in [6.07, 6.45) is 5.03. The van der Waals surface area contributed by atoms with E-state index in [1.807, 2.05) is 24.3 Å². The molecule has 4 bridgehead atoms. The van der Waals surface area contributed by atoms with Crippen LogP contribution in [0.2, 0.25) is 0 Å². The number of rotatable bonds is 6. The van der Waals surface area contributed by atoms with E-state index >= 15 is 0 Å². The minimum atomic E-state index is -0.306. The van der Waals surface area contributed by atoms with Crippen LogP contribution in [-0.4, -0.2) is 103 Å². The van der Waals surface area contributed by atoms with E-state index in [2.05, 4.69) is 50.4 Å². The first kappa shape index (κ1) is 30.2. The first-order chi connectivity index (χ1) is 21.5. The minimum Gasteiger partial charge on any atom is -0.456 e. The van der Waals surface area contributed by atoms with Crippen LogP contribution in [0, 0.1) is 0 Å². The fourth-order valence-electron chi connectivity index (χ4n) is 6.38. The van der Waals surface area contributed by atoms with E-state index < -0.39 is 0 Å². The predicted molar refractivity (Wildman–Crippen MR) is 165 cm³/mol. The molecular formula is C34H41N5O5. The molecule has 0 radical (unpaired) electrons. The molecule has 2 atom stereocenters. The van der Waals surface area contributed by atoms with Crippen molar-refractivity contribution in [2.75, 3.05) is 53.0 Å². The van der Waals surface area contributed by atoms with Crippen molar-refractivity contribution in [3.63, 3.8) is 0 Å². The number of likely N-dealkylation sites (tertiary alicyclic amines) is 2. The number of piperidine rings is 1. The topological polar surface area (TPSA) is 96.5 Å². The number of hydrogen-bond donors (Lipinski definition) is 1. The lowest BCUT2D eigenvalue weighted by molar-refractivity contribution is -0.123. The van der Waals surface area contributed by atoms with E-state index in [9.17, 15) is 9.59 Å². The average Bonchev–Trinajstić information content (AvgIpc) is 3.44. The largest absolute Gasteiger partial charge is 0.456 e. The van der Waals surface area contributed by atoms with E-state index in [0.717, 1.165) is 44.6 Å². The number of carbonyl (C=O) groups is 2. The highest BCUT2D eigenvalue weighted by Gasteiger charge is 2.39. The second-order valence-electron chi connectivity index (χ2n) is 11.8. The van der Waals surface area contributed by atoms with E-state index in [1.54, 1.807) is 19.4 Å². The van der Waals surface area contributed by atoms with Gasteiger partial charge in [0.15, 0.2) is 0 Å². The summed E-state index contributed by atoms with van der Waals surface area (Å²) in [6, 6.07) is 20.3. The second-order valence-corrected chi connectivity index (χ2v) is 11.8. The van der Waals surface area contributed by atoms with Gasteiger partial charge in [-0.2, -0.15) is 0 Å². The summed E-state index contributed by atoms with van der Waals surface area (Å²) in [5.41, 5.74) is 2.66. The van der Waals surface area contributed by atoms with Crippen LogP contribution in [0.1, 0.15) is 34.3 Å². The van der Waals surface area contributed by atoms with Gasteiger partial charge in [0, 0.05) is 45.5 Å². The molecular weight excluding hydrogens is 558 g/mol. The zero-order chi connectivity index (χ0) is 30.3. The molecule has 1 N–H and O–H groups in total. The lowest BCUT2D eigenvalue weighted by Crippen LogP contribution is -2.49. The third-order valence-electron chi connectivity index (χ3n) is 8.71.